The molecule has 0 aliphatic carbocycles. The summed E-state index contributed by atoms with van der Waals surface area (Å²) in [6, 6.07) is 0. The van der Waals surface area contributed by atoms with Crippen molar-refractivity contribution in [2.24, 2.45) is 0 Å². The standard InChI is InChI=1S/C12H23F3O5/c1-2-3-17-4-5-18-6-7-19-8-9-20-10-11(16)12(13,14)15/h11,16H,2-10H2,1H3. The topological polar surface area (TPSA) is 57.2 Å². The van der Waals surface area contributed by atoms with Gasteiger partial charge >= 0.3 is 6.18 Å². The van der Waals surface area contributed by atoms with Crippen LogP contribution in [0.1, 0.15) is 13.3 Å². The van der Waals surface area contributed by atoms with Crippen LogP contribution >= 0.6 is 0 Å². The van der Waals surface area contributed by atoms with E-state index < -0.39 is 18.9 Å². The number of halogens is 3. The quantitative estimate of drug-likeness (QED) is 0.521. The molecule has 0 rings (SSSR count). The maximum absolute atomic E-state index is 11.9. The molecule has 0 radical (unpaired) electrons. The molecule has 0 heterocycles. The van der Waals surface area contributed by atoms with Crippen LogP contribution in [0.25, 0.3) is 0 Å². The first-order valence-electron chi connectivity index (χ1n) is 6.54. The van der Waals surface area contributed by atoms with Crippen LogP contribution in [0.3, 0.4) is 0 Å². The minimum atomic E-state index is -4.64. The molecule has 0 aromatic carbocycles. The predicted octanol–water partition coefficient (Wildman–Crippen LogP) is 1.39. The van der Waals surface area contributed by atoms with Gasteiger partial charge in [0.2, 0.25) is 0 Å². The van der Waals surface area contributed by atoms with Crippen LogP contribution in [0.5, 0.6) is 0 Å². The van der Waals surface area contributed by atoms with Gasteiger partial charge in [0.05, 0.1) is 46.2 Å². The van der Waals surface area contributed by atoms with Gasteiger partial charge in [-0.15, -0.1) is 0 Å². The molecule has 20 heavy (non-hydrogen) atoms. The predicted molar refractivity (Wildman–Crippen MR) is 65.6 cm³/mol. The first kappa shape index (κ1) is 19.6. The van der Waals surface area contributed by atoms with E-state index in [0.29, 0.717) is 33.0 Å². The number of aliphatic hydroxyl groups excluding tert-OH is 1. The van der Waals surface area contributed by atoms with Gasteiger partial charge in [-0.3, -0.25) is 0 Å². The molecule has 0 aliphatic heterocycles. The Balaban J connectivity index is 3.14. The van der Waals surface area contributed by atoms with E-state index in [4.69, 9.17) is 19.3 Å². The summed E-state index contributed by atoms with van der Waals surface area (Å²) in [7, 11) is 0. The third-order valence-electron chi connectivity index (χ3n) is 2.12. The zero-order valence-electron chi connectivity index (χ0n) is 11.7. The molecule has 0 aromatic rings. The van der Waals surface area contributed by atoms with E-state index in [1.54, 1.807) is 0 Å². The minimum absolute atomic E-state index is 0.00719. The zero-order valence-corrected chi connectivity index (χ0v) is 11.7. The second kappa shape index (κ2) is 12.3. The van der Waals surface area contributed by atoms with Crippen molar-refractivity contribution in [1.82, 2.24) is 0 Å². The van der Waals surface area contributed by atoms with Gasteiger partial charge in [-0.05, 0) is 6.42 Å². The number of hydrogen-bond donors (Lipinski definition) is 1. The molecule has 0 bridgehead atoms. The first-order valence-corrected chi connectivity index (χ1v) is 6.54. The number of hydrogen-bond acceptors (Lipinski definition) is 5. The van der Waals surface area contributed by atoms with Crippen molar-refractivity contribution in [1.29, 1.82) is 0 Å². The lowest BCUT2D eigenvalue weighted by molar-refractivity contribution is -0.218. The van der Waals surface area contributed by atoms with Crippen LogP contribution in [0.2, 0.25) is 0 Å². The van der Waals surface area contributed by atoms with Crippen molar-refractivity contribution in [3.05, 3.63) is 0 Å². The Morgan fingerprint density at radius 1 is 0.800 bits per heavy atom. The number of aliphatic hydroxyl groups is 1. The Hall–Kier alpha value is -0.410. The van der Waals surface area contributed by atoms with Gasteiger partial charge in [0.25, 0.3) is 0 Å². The average molecular weight is 304 g/mol. The molecule has 0 saturated carbocycles. The molecule has 5 nitrogen and oxygen atoms in total. The van der Waals surface area contributed by atoms with Crippen molar-refractivity contribution in [3.63, 3.8) is 0 Å². The smallest absolute Gasteiger partial charge is 0.382 e. The number of ether oxygens (including phenoxy) is 4. The van der Waals surface area contributed by atoms with E-state index in [9.17, 15) is 13.2 Å². The maximum Gasteiger partial charge on any atom is 0.416 e. The highest BCUT2D eigenvalue weighted by Gasteiger charge is 2.38. The Labute approximate surface area is 116 Å². The molecule has 0 aromatic heterocycles. The average Bonchev–Trinajstić information content (AvgIpc) is 2.38. The van der Waals surface area contributed by atoms with Crippen molar-refractivity contribution in [2.75, 3.05) is 52.9 Å². The lowest BCUT2D eigenvalue weighted by Gasteiger charge is -2.14. The highest BCUT2D eigenvalue weighted by Crippen LogP contribution is 2.19. The Morgan fingerprint density at radius 2 is 1.20 bits per heavy atom. The van der Waals surface area contributed by atoms with Crippen LogP contribution in [-0.4, -0.2) is 70.2 Å². The first-order chi connectivity index (χ1) is 9.48. The third kappa shape index (κ3) is 12.6. The monoisotopic (exact) mass is 304 g/mol. The van der Waals surface area contributed by atoms with E-state index in [2.05, 4.69) is 4.74 Å². The summed E-state index contributed by atoms with van der Waals surface area (Å²) in [6.45, 7) is 3.83. The molecular weight excluding hydrogens is 281 g/mol. The van der Waals surface area contributed by atoms with Crippen molar-refractivity contribution in [3.8, 4) is 0 Å². The van der Waals surface area contributed by atoms with Gasteiger partial charge in [0.15, 0.2) is 6.10 Å². The minimum Gasteiger partial charge on any atom is -0.382 e. The highest BCUT2D eigenvalue weighted by molar-refractivity contribution is 4.63. The van der Waals surface area contributed by atoms with Crippen LogP contribution in [0.4, 0.5) is 13.2 Å². The summed E-state index contributed by atoms with van der Waals surface area (Å²) in [5, 5.41) is 8.62. The van der Waals surface area contributed by atoms with Gasteiger partial charge in [-0.2, -0.15) is 13.2 Å². The molecule has 0 fully saturated rings. The van der Waals surface area contributed by atoms with Gasteiger partial charge in [-0.1, -0.05) is 6.92 Å². The molecule has 1 unspecified atom stereocenters. The second-order valence-electron chi connectivity index (χ2n) is 3.97. The summed E-state index contributed by atoms with van der Waals surface area (Å²) < 4.78 is 55.8. The highest BCUT2D eigenvalue weighted by atomic mass is 19.4. The summed E-state index contributed by atoms with van der Waals surface area (Å²) in [6.07, 6.45) is -6.13. The Kier molecular flexibility index (Phi) is 12.1. The van der Waals surface area contributed by atoms with Gasteiger partial charge in [0, 0.05) is 6.61 Å². The van der Waals surface area contributed by atoms with E-state index in [-0.39, 0.29) is 13.2 Å². The molecule has 1 N–H and O–H groups in total. The fraction of sp³-hybridized carbons (Fsp3) is 1.00. The molecule has 0 amide bonds. The fourth-order valence-corrected chi connectivity index (χ4v) is 1.09. The third-order valence-corrected chi connectivity index (χ3v) is 2.12. The SMILES string of the molecule is CCCOCCOCCOCCOCC(O)C(F)(F)F. The van der Waals surface area contributed by atoms with E-state index in [1.165, 1.54) is 0 Å². The summed E-state index contributed by atoms with van der Waals surface area (Å²) in [4.78, 5) is 0. The van der Waals surface area contributed by atoms with Crippen LogP contribution in [-0.2, 0) is 18.9 Å². The molecule has 8 heteroatoms. The number of rotatable bonds is 13. The summed E-state index contributed by atoms with van der Waals surface area (Å²) >= 11 is 0. The van der Waals surface area contributed by atoms with Crippen molar-refractivity contribution in [2.45, 2.75) is 25.6 Å². The van der Waals surface area contributed by atoms with Gasteiger partial charge in [-0.25, -0.2) is 0 Å². The Morgan fingerprint density at radius 3 is 1.60 bits per heavy atom. The maximum atomic E-state index is 11.9. The van der Waals surface area contributed by atoms with E-state index in [0.717, 1.165) is 6.42 Å². The van der Waals surface area contributed by atoms with Gasteiger partial charge < -0.3 is 24.1 Å². The van der Waals surface area contributed by atoms with Crippen LogP contribution in [0, 0.1) is 0 Å². The molecule has 0 aliphatic rings. The summed E-state index contributed by atoms with van der Waals surface area (Å²) in [5.41, 5.74) is 0. The van der Waals surface area contributed by atoms with E-state index >= 15 is 0 Å². The van der Waals surface area contributed by atoms with Crippen LogP contribution < -0.4 is 0 Å². The van der Waals surface area contributed by atoms with Crippen LogP contribution in [0.15, 0.2) is 0 Å². The molecule has 122 valence electrons. The second-order valence-corrected chi connectivity index (χ2v) is 3.97. The molecule has 1 atom stereocenters. The lowest BCUT2D eigenvalue weighted by Crippen LogP contribution is -2.33. The molecular formula is C12H23F3O5. The van der Waals surface area contributed by atoms with E-state index in [1.807, 2.05) is 6.92 Å². The zero-order chi connectivity index (χ0) is 15.3. The van der Waals surface area contributed by atoms with Crippen molar-refractivity contribution >= 4 is 0 Å². The lowest BCUT2D eigenvalue weighted by atomic mass is 10.4. The van der Waals surface area contributed by atoms with Crippen molar-refractivity contribution < 1.29 is 37.2 Å². The fourth-order valence-electron chi connectivity index (χ4n) is 1.09. The molecule has 0 saturated heterocycles. The normalized spacial score (nSPS) is 13.7. The molecule has 0 spiro atoms. The van der Waals surface area contributed by atoms with Gasteiger partial charge in [0.1, 0.15) is 0 Å². The Bertz CT molecular complexity index is 214. The summed E-state index contributed by atoms with van der Waals surface area (Å²) in [5.74, 6) is 0. The number of alkyl halides is 3. The largest absolute Gasteiger partial charge is 0.416 e.